The summed E-state index contributed by atoms with van der Waals surface area (Å²) in [6, 6.07) is 11.7. The van der Waals surface area contributed by atoms with Crippen molar-refractivity contribution in [3.8, 4) is 0 Å². The number of benzene rings is 2. The first-order valence-corrected chi connectivity index (χ1v) is 9.26. The van der Waals surface area contributed by atoms with Gasteiger partial charge in [0.2, 0.25) is 5.91 Å². The highest BCUT2D eigenvalue weighted by molar-refractivity contribution is 9.10. The van der Waals surface area contributed by atoms with Crippen LogP contribution in [0.25, 0.3) is 0 Å². The van der Waals surface area contributed by atoms with Gasteiger partial charge in [-0.05, 0) is 43.3 Å². The van der Waals surface area contributed by atoms with Gasteiger partial charge in [0, 0.05) is 28.3 Å². The van der Waals surface area contributed by atoms with Gasteiger partial charge in [-0.1, -0.05) is 45.2 Å². The zero-order valence-corrected chi connectivity index (χ0v) is 16.5. The van der Waals surface area contributed by atoms with Crippen LogP contribution in [0, 0.1) is 0 Å². The number of carbonyl (C=O) groups excluding carboxylic acids is 2. The summed E-state index contributed by atoms with van der Waals surface area (Å²) < 4.78 is 0.900. The first-order chi connectivity index (χ1) is 11.9. The first kappa shape index (κ1) is 18.2. The molecule has 0 radical (unpaired) electrons. The number of anilines is 1. The Hall–Kier alpha value is -1.56. The highest BCUT2D eigenvalue weighted by atomic mass is 79.9. The summed E-state index contributed by atoms with van der Waals surface area (Å²) in [5.74, 6) is -0.390. The standard InChI is InChI=1S/C18H15BrCl2N2O2/c1-11-17(24)23(14-4-2-3-12(19)9-14)8-7-22(11)18(25)15-6-5-13(20)10-16(15)21/h2-6,9-11H,7-8H2,1H3/t11-/m0/s1. The lowest BCUT2D eigenvalue weighted by Crippen LogP contribution is -2.57. The van der Waals surface area contributed by atoms with E-state index < -0.39 is 6.04 Å². The number of nitrogens with zero attached hydrogens (tertiary/aromatic N) is 2. The third-order valence-electron chi connectivity index (χ3n) is 4.20. The molecule has 1 saturated heterocycles. The molecule has 0 aliphatic carbocycles. The second-order valence-electron chi connectivity index (χ2n) is 5.77. The fraction of sp³-hybridized carbons (Fsp3) is 0.222. The van der Waals surface area contributed by atoms with E-state index in [0.717, 1.165) is 10.2 Å². The van der Waals surface area contributed by atoms with Crippen molar-refractivity contribution in [3.63, 3.8) is 0 Å². The molecular formula is C18H15BrCl2N2O2. The Morgan fingerprint density at radius 2 is 1.92 bits per heavy atom. The van der Waals surface area contributed by atoms with E-state index in [1.165, 1.54) is 6.07 Å². The summed E-state index contributed by atoms with van der Waals surface area (Å²) in [7, 11) is 0. The Morgan fingerprint density at radius 3 is 2.60 bits per heavy atom. The van der Waals surface area contributed by atoms with Crippen LogP contribution in [0.3, 0.4) is 0 Å². The molecule has 7 heteroatoms. The number of halogens is 3. The Morgan fingerprint density at radius 1 is 1.16 bits per heavy atom. The van der Waals surface area contributed by atoms with E-state index >= 15 is 0 Å². The smallest absolute Gasteiger partial charge is 0.256 e. The number of rotatable bonds is 2. The molecule has 0 N–H and O–H groups in total. The summed E-state index contributed by atoms with van der Waals surface area (Å²) >= 11 is 15.4. The van der Waals surface area contributed by atoms with Crippen LogP contribution in [-0.2, 0) is 4.79 Å². The van der Waals surface area contributed by atoms with Crippen molar-refractivity contribution in [1.29, 1.82) is 0 Å². The Balaban J connectivity index is 1.83. The molecule has 3 rings (SSSR count). The Bertz CT molecular complexity index is 844. The molecule has 25 heavy (non-hydrogen) atoms. The second kappa shape index (κ2) is 7.36. The molecule has 0 bridgehead atoms. The average molecular weight is 442 g/mol. The van der Waals surface area contributed by atoms with Gasteiger partial charge in [0.15, 0.2) is 0 Å². The molecule has 1 heterocycles. The van der Waals surface area contributed by atoms with Crippen molar-refractivity contribution >= 4 is 56.6 Å². The lowest BCUT2D eigenvalue weighted by Gasteiger charge is -2.39. The fourth-order valence-electron chi connectivity index (χ4n) is 2.87. The van der Waals surface area contributed by atoms with Crippen molar-refractivity contribution in [2.75, 3.05) is 18.0 Å². The van der Waals surface area contributed by atoms with Crippen LogP contribution in [-0.4, -0.2) is 35.8 Å². The first-order valence-electron chi connectivity index (χ1n) is 7.71. The monoisotopic (exact) mass is 440 g/mol. The Labute approximate surface area is 164 Å². The van der Waals surface area contributed by atoms with Gasteiger partial charge in [-0.25, -0.2) is 0 Å². The van der Waals surface area contributed by atoms with Gasteiger partial charge in [-0.15, -0.1) is 0 Å². The van der Waals surface area contributed by atoms with Crippen LogP contribution in [0.2, 0.25) is 10.0 Å². The third-order valence-corrected chi connectivity index (χ3v) is 5.24. The van der Waals surface area contributed by atoms with Crippen LogP contribution >= 0.6 is 39.1 Å². The van der Waals surface area contributed by atoms with E-state index in [9.17, 15) is 9.59 Å². The molecule has 1 fully saturated rings. The van der Waals surface area contributed by atoms with Crippen LogP contribution in [0.15, 0.2) is 46.9 Å². The van der Waals surface area contributed by atoms with Gasteiger partial charge in [-0.2, -0.15) is 0 Å². The second-order valence-corrected chi connectivity index (χ2v) is 7.53. The van der Waals surface area contributed by atoms with Gasteiger partial charge in [0.1, 0.15) is 6.04 Å². The number of carbonyl (C=O) groups is 2. The quantitative estimate of drug-likeness (QED) is 0.681. The molecule has 2 aromatic rings. The molecule has 2 aromatic carbocycles. The molecular weight excluding hydrogens is 427 g/mol. The van der Waals surface area contributed by atoms with Crippen molar-refractivity contribution in [2.45, 2.75) is 13.0 Å². The van der Waals surface area contributed by atoms with Crippen molar-refractivity contribution in [3.05, 3.63) is 62.5 Å². The zero-order valence-electron chi connectivity index (χ0n) is 13.4. The lowest BCUT2D eigenvalue weighted by molar-refractivity contribution is -0.124. The lowest BCUT2D eigenvalue weighted by atomic mass is 10.1. The topological polar surface area (TPSA) is 40.6 Å². The molecule has 0 spiro atoms. The van der Waals surface area contributed by atoms with Gasteiger partial charge in [-0.3, -0.25) is 9.59 Å². The summed E-state index contributed by atoms with van der Waals surface area (Å²) in [5.41, 5.74) is 1.16. The largest absolute Gasteiger partial charge is 0.325 e. The minimum atomic E-state index is -0.577. The van der Waals surface area contributed by atoms with Gasteiger partial charge < -0.3 is 9.80 Å². The van der Waals surface area contributed by atoms with Gasteiger partial charge in [0.25, 0.3) is 5.91 Å². The summed E-state index contributed by atoms with van der Waals surface area (Å²) in [5, 5.41) is 0.747. The maximum Gasteiger partial charge on any atom is 0.256 e. The van der Waals surface area contributed by atoms with E-state index in [2.05, 4.69) is 15.9 Å². The zero-order chi connectivity index (χ0) is 18.1. The van der Waals surface area contributed by atoms with Crippen molar-refractivity contribution in [1.82, 2.24) is 4.90 Å². The predicted octanol–water partition coefficient (Wildman–Crippen LogP) is 4.63. The number of amides is 2. The minimum absolute atomic E-state index is 0.122. The number of piperazine rings is 1. The molecule has 0 unspecified atom stereocenters. The highest BCUT2D eigenvalue weighted by Crippen LogP contribution is 2.27. The number of hydrogen-bond donors (Lipinski definition) is 0. The molecule has 1 aliphatic rings. The molecule has 0 aromatic heterocycles. The maximum absolute atomic E-state index is 12.8. The SMILES string of the molecule is C[C@H]1C(=O)N(c2cccc(Br)c2)CCN1C(=O)c1ccc(Cl)cc1Cl. The van der Waals surface area contributed by atoms with Crippen LogP contribution < -0.4 is 4.90 Å². The molecule has 130 valence electrons. The molecule has 2 amide bonds. The van der Waals surface area contributed by atoms with Crippen molar-refractivity contribution in [2.24, 2.45) is 0 Å². The van der Waals surface area contributed by atoms with E-state index in [4.69, 9.17) is 23.2 Å². The third kappa shape index (κ3) is 3.68. The summed E-state index contributed by atoms with van der Waals surface area (Å²) in [4.78, 5) is 28.8. The Kier molecular flexibility index (Phi) is 5.37. The van der Waals surface area contributed by atoms with E-state index in [-0.39, 0.29) is 16.8 Å². The molecule has 1 aliphatic heterocycles. The molecule has 1 atom stereocenters. The maximum atomic E-state index is 12.8. The van der Waals surface area contributed by atoms with Crippen LogP contribution in [0.1, 0.15) is 17.3 Å². The summed E-state index contributed by atoms with van der Waals surface area (Å²) in [6.45, 7) is 2.59. The molecule has 4 nitrogen and oxygen atoms in total. The van der Waals surface area contributed by atoms with Crippen molar-refractivity contribution < 1.29 is 9.59 Å². The van der Waals surface area contributed by atoms with Crippen LogP contribution in [0.5, 0.6) is 0 Å². The number of hydrogen-bond acceptors (Lipinski definition) is 2. The molecule has 0 saturated carbocycles. The van der Waals surface area contributed by atoms with E-state index in [1.807, 2.05) is 24.3 Å². The average Bonchev–Trinajstić information content (AvgIpc) is 2.56. The van der Waals surface area contributed by atoms with E-state index in [1.54, 1.807) is 28.9 Å². The fourth-order valence-corrected chi connectivity index (χ4v) is 3.74. The van der Waals surface area contributed by atoms with Crippen LogP contribution in [0.4, 0.5) is 5.69 Å². The predicted molar refractivity (Wildman–Crippen MR) is 103 cm³/mol. The highest BCUT2D eigenvalue weighted by Gasteiger charge is 2.35. The van der Waals surface area contributed by atoms with E-state index in [0.29, 0.717) is 23.7 Å². The minimum Gasteiger partial charge on any atom is -0.325 e. The van der Waals surface area contributed by atoms with Gasteiger partial charge in [0.05, 0.1) is 10.6 Å². The van der Waals surface area contributed by atoms with Gasteiger partial charge >= 0.3 is 0 Å². The normalized spacial score (nSPS) is 17.8. The summed E-state index contributed by atoms with van der Waals surface area (Å²) in [6.07, 6.45) is 0.